The van der Waals surface area contributed by atoms with E-state index in [2.05, 4.69) is 28.4 Å². The second-order valence-corrected chi connectivity index (χ2v) is 8.05. The zero-order valence-electron chi connectivity index (χ0n) is 17.2. The summed E-state index contributed by atoms with van der Waals surface area (Å²) in [7, 11) is 0. The van der Waals surface area contributed by atoms with Crippen molar-refractivity contribution in [3.05, 3.63) is 59.3 Å². The van der Waals surface area contributed by atoms with Crippen LogP contribution < -0.4 is 10.2 Å². The molecular weight excluding hydrogens is 376 g/mol. The van der Waals surface area contributed by atoms with E-state index in [1.54, 1.807) is 0 Å². The lowest BCUT2D eigenvalue weighted by atomic mass is 10.0. The van der Waals surface area contributed by atoms with Crippen LogP contribution >= 0.6 is 0 Å². The van der Waals surface area contributed by atoms with Gasteiger partial charge in [-0.2, -0.15) is 0 Å². The summed E-state index contributed by atoms with van der Waals surface area (Å²) in [6.07, 6.45) is 2.66. The molecule has 5 rings (SSSR count). The van der Waals surface area contributed by atoms with Crippen LogP contribution in [-0.2, 0) is 4.79 Å². The van der Waals surface area contributed by atoms with E-state index in [9.17, 15) is 4.79 Å². The summed E-state index contributed by atoms with van der Waals surface area (Å²) in [6, 6.07) is 14.0. The smallest absolute Gasteiger partial charge is 0.230 e. The van der Waals surface area contributed by atoms with E-state index in [-0.39, 0.29) is 12.3 Å². The number of aliphatic imine (C=N–C) groups is 1. The molecule has 6 heteroatoms. The van der Waals surface area contributed by atoms with Crippen molar-refractivity contribution in [2.24, 2.45) is 4.99 Å². The van der Waals surface area contributed by atoms with Gasteiger partial charge in [0.2, 0.25) is 5.91 Å². The molecule has 0 saturated carbocycles. The largest absolute Gasteiger partial charge is 0.371 e. The second-order valence-electron chi connectivity index (χ2n) is 8.05. The Kier molecular flexibility index (Phi) is 4.62. The average Bonchev–Trinajstić information content (AvgIpc) is 3.38. The minimum Gasteiger partial charge on any atom is -0.371 e. The molecule has 2 aliphatic rings. The number of aryl methyl sites for hydroxylation is 2. The summed E-state index contributed by atoms with van der Waals surface area (Å²) >= 11 is 0. The second kappa shape index (κ2) is 7.44. The highest BCUT2D eigenvalue weighted by molar-refractivity contribution is 6.17. The fourth-order valence-corrected chi connectivity index (χ4v) is 4.23. The number of fused-ring (bicyclic) bond motifs is 1. The van der Waals surface area contributed by atoms with Gasteiger partial charge in [0.05, 0.1) is 29.2 Å². The van der Waals surface area contributed by atoms with Crippen LogP contribution in [-0.4, -0.2) is 29.9 Å². The van der Waals surface area contributed by atoms with Crippen LogP contribution in [0.4, 0.5) is 17.1 Å². The molecule has 0 atom stereocenters. The molecule has 2 aliphatic heterocycles. The summed E-state index contributed by atoms with van der Waals surface area (Å²) in [5.41, 5.74) is 7.37. The van der Waals surface area contributed by atoms with E-state index in [1.165, 1.54) is 18.5 Å². The van der Waals surface area contributed by atoms with E-state index in [4.69, 9.17) is 9.52 Å². The van der Waals surface area contributed by atoms with E-state index < -0.39 is 0 Å². The van der Waals surface area contributed by atoms with Crippen molar-refractivity contribution in [3.63, 3.8) is 0 Å². The third kappa shape index (κ3) is 3.49. The quantitative estimate of drug-likeness (QED) is 0.670. The van der Waals surface area contributed by atoms with E-state index in [0.29, 0.717) is 5.76 Å². The topological polar surface area (TPSA) is 70.7 Å². The van der Waals surface area contributed by atoms with Gasteiger partial charge in [-0.15, -0.1) is 0 Å². The molecule has 0 spiro atoms. The Hall–Kier alpha value is -3.41. The Balaban J connectivity index is 1.57. The third-order valence-corrected chi connectivity index (χ3v) is 5.73. The van der Waals surface area contributed by atoms with Crippen molar-refractivity contribution in [1.82, 2.24) is 5.16 Å². The number of amides is 1. The molecule has 3 aromatic rings. The van der Waals surface area contributed by atoms with Crippen molar-refractivity contribution < 1.29 is 9.32 Å². The summed E-state index contributed by atoms with van der Waals surface area (Å²) in [6.45, 7) is 6.13. The lowest BCUT2D eigenvalue weighted by Gasteiger charge is -2.21. The Morgan fingerprint density at radius 2 is 1.83 bits per heavy atom. The predicted molar refractivity (Wildman–Crippen MR) is 119 cm³/mol. The fraction of sp³-hybridized carbons (Fsp3) is 0.292. The van der Waals surface area contributed by atoms with Crippen molar-refractivity contribution >= 4 is 28.7 Å². The number of nitrogens with zero attached hydrogens (tertiary/aromatic N) is 3. The number of carbonyl (C=O) groups is 1. The Labute approximate surface area is 175 Å². The van der Waals surface area contributed by atoms with Gasteiger partial charge in [0, 0.05) is 30.4 Å². The summed E-state index contributed by atoms with van der Waals surface area (Å²) in [5, 5.41) is 7.00. The minimum absolute atomic E-state index is 0.0539. The van der Waals surface area contributed by atoms with Crippen molar-refractivity contribution in [3.8, 4) is 11.3 Å². The molecule has 30 heavy (non-hydrogen) atoms. The lowest BCUT2D eigenvalue weighted by molar-refractivity contribution is -0.115. The van der Waals surface area contributed by atoms with Crippen LogP contribution in [0.25, 0.3) is 11.3 Å². The number of hydrogen-bond donors (Lipinski definition) is 1. The number of nitrogens with one attached hydrogen (secondary N) is 1. The zero-order chi connectivity index (χ0) is 20.7. The molecule has 1 amide bonds. The van der Waals surface area contributed by atoms with Gasteiger partial charge in [-0.05, 0) is 56.0 Å². The first kappa shape index (κ1) is 18.6. The first-order chi connectivity index (χ1) is 14.6. The maximum atomic E-state index is 12.6. The van der Waals surface area contributed by atoms with Gasteiger partial charge in [-0.25, -0.2) is 0 Å². The van der Waals surface area contributed by atoms with Gasteiger partial charge < -0.3 is 14.7 Å². The number of hydrogen-bond acceptors (Lipinski definition) is 5. The molecule has 152 valence electrons. The van der Waals surface area contributed by atoms with E-state index >= 15 is 0 Å². The molecule has 0 unspecified atom stereocenters. The molecule has 1 saturated heterocycles. The molecule has 0 radical (unpaired) electrons. The number of anilines is 2. The molecule has 1 N–H and O–H groups in total. The Bertz CT molecular complexity index is 1160. The third-order valence-electron chi connectivity index (χ3n) is 5.73. The van der Waals surface area contributed by atoms with E-state index in [0.717, 1.165) is 52.6 Å². The molecule has 2 aromatic carbocycles. The molecule has 3 heterocycles. The number of rotatable bonds is 3. The monoisotopic (exact) mass is 400 g/mol. The van der Waals surface area contributed by atoms with Crippen molar-refractivity contribution in [2.45, 2.75) is 33.1 Å². The number of aromatic nitrogens is 1. The fourth-order valence-electron chi connectivity index (χ4n) is 4.23. The standard InChI is InChI=1S/C24H24N4O2/c1-15-10-20-21(13-22(15)28-8-3-4-9-28)25-19(14-24(29)26-20)17-6-5-7-18(12-17)23-11-16(2)27-30-23/h5-7,10-13H,3-4,8-9,14H2,1-2H3,(H,26,29). The van der Waals surface area contributed by atoms with Crippen LogP contribution in [0.5, 0.6) is 0 Å². The first-order valence-electron chi connectivity index (χ1n) is 10.4. The van der Waals surface area contributed by atoms with Crippen LogP contribution in [0, 0.1) is 13.8 Å². The van der Waals surface area contributed by atoms with Crippen molar-refractivity contribution in [2.75, 3.05) is 23.3 Å². The maximum absolute atomic E-state index is 12.6. The molecule has 1 aromatic heterocycles. The van der Waals surface area contributed by atoms with Gasteiger partial charge in [0.1, 0.15) is 0 Å². The van der Waals surface area contributed by atoms with Crippen LogP contribution in [0.2, 0.25) is 0 Å². The van der Waals surface area contributed by atoms with Crippen LogP contribution in [0.15, 0.2) is 52.0 Å². The average molecular weight is 400 g/mol. The number of carbonyl (C=O) groups excluding carboxylic acids is 1. The SMILES string of the molecule is Cc1cc(-c2cccc(C3=Nc4cc(N5CCCC5)c(C)cc4NC(=O)C3)c2)on1. The highest BCUT2D eigenvalue weighted by Gasteiger charge is 2.21. The Morgan fingerprint density at radius 3 is 2.60 bits per heavy atom. The van der Waals surface area contributed by atoms with Gasteiger partial charge >= 0.3 is 0 Å². The van der Waals surface area contributed by atoms with Crippen LogP contribution in [0.3, 0.4) is 0 Å². The lowest BCUT2D eigenvalue weighted by Crippen LogP contribution is -2.19. The molecule has 6 nitrogen and oxygen atoms in total. The molecule has 0 aliphatic carbocycles. The summed E-state index contributed by atoms with van der Waals surface area (Å²) in [4.78, 5) is 19.9. The minimum atomic E-state index is -0.0539. The maximum Gasteiger partial charge on any atom is 0.230 e. The van der Waals surface area contributed by atoms with E-state index in [1.807, 2.05) is 43.3 Å². The Morgan fingerprint density at radius 1 is 1.03 bits per heavy atom. The van der Waals surface area contributed by atoms with Crippen molar-refractivity contribution in [1.29, 1.82) is 0 Å². The molecular formula is C24H24N4O2. The first-order valence-corrected chi connectivity index (χ1v) is 10.4. The number of benzene rings is 2. The molecule has 1 fully saturated rings. The van der Waals surface area contributed by atoms with Crippen LogP contribution in [0.1, 0.15) is 36.1 Å². The zero-order valence-corrected chi connectivity index (χ0v) is 17.2. The highest BCUT2D eigenvalue weighted by Crippen LogP contribution is 2.37. The van der Waals surface area contributed by atoms with Gasteiger partial charge in [0.15, 0.2) is 5.76 Å². The molecule has 0 bridgehead atoms. The van der Waals surface area contributed by atoms with Gasteiger partial charge in [-0.1, -0.05) is 23.4 Å². The summed E-state index contributed by atoms with van der Waals surface area (Å²) < 4.78 is 5.41. The predicted octanol–water partition coefficient (Wildman–Crippen LogP) is 5.02. The highest BCUT2D eigenvalue weighted by atomic mass is 16.5. The normalized spacial score (nSPS) is 16.1. The van der Waals surface area contributed by atoms with Gasteiger partial charge in [0.25, 0.3) is 0 Å². The van der Waals surface area contributed by atoms with Gasteiger partial charge in [-0.3, -0.25) is 9.79 Å². The summed E-state index contributed by atoms with van der Waals surface area (Å²) in [5.74, 6) is 0.655.